The molecule has 0 saturated carbocycles. The van der Waals surface area contributed by atoms with E-state index in [0.29, 0.717) is 6.61 Å². The van der Waals surface area contributed by atoms with Crippen molar-refractivity contribution in [2.45, 2.75) is 20.0 Å². The average Bonchev–Trinajstić information content (AvgIpc) is 3.40. The third-order valence-corrected chi connectivity index (χ3v) is 6.62. The first kappa shape index (κ1) is 22.1. The lowest BCUT2D eigenvalue weighted by Crippen LogP contribution is -2.49. The summed E-state index contributed by atoms with van der Waals surface area (Å²) in [5.41, 5.74) is 4.96. The molecule has 1 aliphatic rings. The van der Waals surface area contributed by atoms with Crippen molar-refractivity contribution in [3.63, 3.8) is 0 Å². The summed E-state index contributed by atoms with van der Waals surface area (Å²) < 4.78 is 17.5. The van der Waals surface area contributed by atoms with Crippen LogP contribution in [0.5, 0.6) is 0 Å². The summed E-state index contributed by atoms with van der Waals surface area (Å²) in [7, 11) is 3.39. The van der Waals surface area contributed by atoms with Crippen molar-refractivity contribution in [2.75, 3.05) is 6.61 Å². The van der Waals surface area contributed by atoms with Gasteiger partial charge in [-0.25, -0.2) is 9.67 Å². The van der Waals surface area contributed by atoms with E-state index in [2.05, 4.69) is 57.1 Å². The van der Waals surface area contributed by atoms with E-state index in [9.17, 15) is 0 Å². The van der Waals surface area contributed by atoms with Crippen molar-refractivity contribution in [3.05, 3.63) is 71.1 Å². The number of halogens is 1. The number of benzene rings is 2. The zero-order valence-corrected chi connectivity index (χ0v) is 20.7. The fourth-order valence-corrected chi connectivity index (χ4v) is 4.60. The normalized spacial score (nSPS) is 18.0. The minimum absolute atomic E-state index is 0.179. The summed E-state index contributed by atoms with van der Waals surface area (Å²) in [6, 6.07) is 16.4. The van der Waals surface area contributed by atoms with Crippen LogP contribution in [0.4, 0.5) is 0 Å². The van der Waals surface area contributed by atoms with Crippen LogP contribution in [-0.2, 0) is 23.4 Å². The molecule has 0 bridgehead atoms. The first-order valence-electron chi connectivity index (χ1n) is 10.8. The van der Waals surface area contributed by atoms with Crippen molar-refractivity contribution in [1.29, 1.82) is 0 Å². The smallest absolute Gasteiger partial charge is 0.407 e. The van der Waals surface area contributed by atoms with Gasteiger partial charge in [0.2, 0.25) is 0 Å². The quantitative estimate of drug-likeness (QED) is 0.390. The molecule has 168 valence electrons. The minimum Gasteiger partial charge on any atom is -0.407 e. The highest BCUT2D eigenvalue weighted by Crippen LogP contribution is 2.44. The van der Waals surface area contributed by atoms with Crippen LogP contribution in [0, 0.1) is 5.41 Å². The van der Waals surface area contributed by atoms with Gasteiger partial charge in [0, 0.05) is 47.3 Å². The van der Waals surface area contributed by atoms with Crippen LogP contribution >= 0.6 is 15.9 Å². The molecule has 1 atom stereocenters. The van der Waals surface area contributed by atoms with Crippen molar-refractivity contribution in [1.82, 2.24) is 24.5 Å². The second kappa shape index (κ2) is 8.55. The lowest BCUT2D eigenvalue weighted by atomic mass is 9.72. The topological polar surface area (TPSA) is 67.0 Å². The van der Waals surface area contributed by atoms with Crippen molar-refractivity contribution in [3.8, 4) is 22.6 Å². The highest BCUT2D eigenvalue weighted by molar-refractivity contribution is 9.10. The number of nitrogens with zero attached hydrogens (tertiary/aromatic N) is 5. The fourth-order valence-electron chi connectivity index (χ4n) is 4.34. The zero-order valence-electron chi connectivity index (χ0n) is 19.1. The van der Waals surface area contributed by atoms with Gasteiger partial charge in [-0.3, -0.25) is 4.68 Å². The van der Waals surface area contributed by atoms with Gasteiger partial charge in [-0.05, 0) is 17.6 Å². The molecule has 2 aromatic heterocycles. The van der Waals surface area contributed by atoms with Crippen LogP contribution in [0.2, 0.25) is 0 Å². The molecule has 7 nitrogen and oxygen atoms in total. The van der Waals surface area contributed by atoms with Gasteiger partial charge in [0.15, 0.2) is 5.82 Å². The van der Waals surface area contributed by atoms with Crippen molar-refractivity contribution in [2.24, 2.45) is 19.5 Å². The van der Waals surface area contributed by atoms with Gasteiger partial charge in [-0.1, -0.05) is 66.2 Å². The number of hydrogen-bond acceptors (Lipinski definition) is 5. The number of rotatable bonds is 4. The molecule has 2 aromatic carbocycles. The van der Waals surface area contributed by atoms with E-state index >= 15 is 0 Å². The van der Waals surface area contributed by atoms with Gasteiger partial charge in [0.1, 0.15) is 6.33 Å². The third-order valence-electron chi connectivity index (χ3n) is 6.10. The van der Waals surface area contributed by atoms with Crippen LogP contribution in [0.25, 0.3) is 22.6 Å². The Hall–Kier alpha value is -2.75. The van der Waals surface area contributed by atoms with Gasteiger partial charge in [-0.15, -0.1) is 0 Å². The van der Waals surface area contributed by atoms with Gasteiger partial charge in [0.25, 0.3) is 0 Å². The molecular weight excluding hydrogens is 481 g/mol. The first-order chi connectivity index (χ1) is 15.8. The molecule has 0 aliphatic carbocycles. The van der Waals surface area contributed by atoms with E-state index in [1.54, 1.807) is 11.0 Å². The standard InChI is InChI=1S/C24H25BBrN5O2/c1-24(2)14-32-25(18-9-5-17(6-10-18)23-27-15-29-31(23)4)33-22(24)20-13-28-30(3)21(20)16-7-11-19(26)12-8-16/h5-13,15,22H,14H2,1-4H3. The lowest BCUT2D eigenvalue weighted by Gasteiger charge is -2.41. The fraction of sp³-hybridized carbons (Fsp3) is 0.292. The minimum atomic E-state index is -0.463. The molecule has 0 N–H and O–H groups in total. The second-order valence-corrected chi connectivity index (χ2v) is 9.97. The Balaban J connectivity index is 1.46. The van der Waals surface area contributed by atoms with Gasteiger partial charge in [-0.2, -0.15) is 10.2 Å². The maximum Gasteiger partial charge on any atom is 0.494 e. The summed E-state index contributed by atoms with van der Waals surface area (Å²) >= 11 is 3.52. The molecule has 33 heavy (non-hydrogen) atoms. The van der Waals surface area contributed by atoms with Gasteiger partial charge >= 0.3 is 7.12 Å². The third kappa shape index (κ3) is 4.16. The molecule has 1 aliphatic heterocycles. The van der Waals surface area contributed by atoms with Crippen LogP contribution in [0.3, 0.4) is 0 Å². The Morgan fingerprint density at radius 2 is 1.67 bits per heavy atom. The first-order valence-corrected chi connectivity index (χ1v) is 11.6. The zero-order chi connectivity index (χ0) is 23.2. The van der Waals surface area contributed by atoms with Crippen molar-refractivity contribution >= 4 is 28.5 Å². The molecule has 0 radical (unpaired) electrons. The van der Waals surface area contributed by atoms with E-state index in [1.165, 1.54) is 0 Å². The van der Waals surface area contributed by atoms with E-state index in [0.717, 1.165) is 38.1 Å². The highest BCUT2D eigenvalue weighted by atomic mass is 79.9. The summed E-state index contributed by atoms with van der Waals surface area (Å²) in [5.74, 6) is 0.820. The Bertz CT molecular complexity index is 1270. The number of aromatic nitrogens is 5. The van der Waals surface area contributed by atoms with Crippen LogP contribution < -0.4 is 5.46 Å². The average molecular weight is 506 g/mol. The molecule has 0 spiro atoms. The molecule has 1 fully saturated rings. The Kier molecular flexibility index (Phi) is 5.72. The van der Waals surface area contributed by atoms with Crippen LogP contribution in [0.15, 0.2) is 65.5 Å². The predicted octanol–water partition coefficient (Wildman–Crippen LogP) is 4.15. The highest BCUT2D eigenvalue weighted by Gasteiger charge is 2.44. The monoisotopic (exact) mass is 505 g/mol. The van der Waals surface area contributed by atoms with E-state index in [1.807, 2.05) is 61.4 Å². The maximum absolute atomic E-state index is 6.61. The SMILES string of the molecule is Cn1ncnc1-c1ccc(B2OCC(C)(C)C(c3cnn(C)c3-c3ccc(Br)cc3)O2)cc1. The van der Waals surface area contributed by atoms with Crippen LogP contribution in [0.1, 0.15) is 25.5 Å². The molecule has 1 unspecified atom stereocenters. The van der Waals surface area contributed by atoms with Crippen molar-refractivity contribution < 1.29 is 9.31 Å². The molecule has 9 heteroatoms. The van der Waals surface area contributed by atoms with Crippen LogP contribution in [-0.4, -0.2) is 38.3 Å². The van der Waals surface area contributed by atoms with E-state index in [-0.39, 0.29) is 11.5 Å². The number of hydrogen-bond donors (Lipinski definition) is 0. The Morgan fingerprint density at radius 3 is 2.33 bits per heavy atom. The van der Waals surface area contributed by atoms with E-state index in [4.69, 9.17) is 9.31 Å². The molecule has 1 saturated heterocycles. The summed E-state index contributed by atoms with van der Waals surface area (Å²) in [6.45, 7) is 4.91. The molecule has 5 rings (SSSR count). The summed E-state index contributed by atoms with van der Waals surface area (Å²) in [5, 5.41) is 8.72. The van der Waals surface area contributed by atoms with Gasteiger partial charge < -0.3 is 9.31 Å². The molecular formula is C24H25BBrN5O2. The molecule has 4 aromatic rings. The van der Waals surface area contributed by atoms with Gasteiger partial charge in [0.05, 0.1) is 18.0 Å². The lowest BCUT2D eigenvalue weighted by molar-refractivity contribution is -0.0349. The van der Waals surface area contributed by atoms with E-state index < -0.39 is 7.12 Å². The molecule has 0 amide bonds. The summed E-state index contributed by atoms with van der Waals surface area (Å²) in [4.78, 5) is 4.32. The molecule has 3 heterocycles. The number of aryl methyl sites for hydroxylation is 2. The Labute approximate surface area is 202 Å². The second-order valence-electron chi connectivity index (χ2n) is 9.06. The predicted molar refractivity (Wildman–Crippen MR) is 132 cm³/mol. The maximum atomic E-state index is 6.61. The summed E-state index contributed by atoms with van der Waals surface area (Å²) in [6.07, 6.45) is 3.30. The largest absolute Gasteiger partial charge is 0.494 e. The Morgan fingerprint density at radius 1 is 0.970 bits per heavy atom.